The molecular weight excluding hydrogens is 310 g/mol. The smallest absolute Gasteiger partial charge is 0.271 e. The molecule has 1 N–H and O–H groups in total. The third-order valence-corrected chi connectivity index (χ3v) is 3.31. The zero-order valence-electron chi connectivity index (χ0n) is 13.4. The van der Waals surface area contributed by atoms with Gasteiger partial charge in [-0.2, -0.15) is 5.10 Å². The van der Waals surface area contributed by atoms with Crippen LogP contribution in [0.4, 0.5) is 5.69 Å². The number of nitro groups is 1. The normalized spacial score (nSPS) is 11.0. The number of carbonyl (C=O) groups is 1. The van der Waals surface area contributed by atoms with Crippen LogP contribution in [0.1, 0.15) is 22.8 Å². The molecule has 7 heteroatoms. The molecular formula is C17H17N3O4. The number of hydrogen-bond acceptors (Lipinski definition) is 5. The highest BCUT2D eigenvalue weighted by atomic mass is 16.6. The van der Waals surface area contributed by atoms with Gasteiger partial charge < -0.3 is 4.74 Å². The van der Waals surface area contributed by atoms with Crippen LogP contribution in [-0.4, -0.2) is 23.7 Å². The minimum absolute atomic E-state index is 0.141. The van der Waals surface area contributed by atoms with Crippen molar-refractivity contribution >= 4 is 17.3 Å². The topological polar surface area (TPSA) is 93.8 Å². The highest BCUT2D eigenvalue weighted by molar-refractivity contribution is 5.96. The molecule has 0 bridgehead atoms. The minimum atomic E-state index is -0.549. The monoisotopic (exact) mass is 327 g/mol. The van der Waals surface area contributed by atoms with Gasteiger partial charge in [0.2, 0.25) is 0 Å². The van der Waals surface area contributed by atoms with E-state index in [1.54, 1.807) is 14.0 Å². The second-order valence-electron chi connectivity index (χ2n) is 5.08. The van der Waals surface area contributed by atoms with Crippen molar-refractivity contribution in [1.82, 2.24) is 5.43 Å². The molecule has 0 radical (unpaired) electrons. The Morgan fingerprint density at radius 1 is 1.25 bits per heavy atom. The Labute approximate surface area is 139 Å². The van der Waals surface area contributed by atoms with Crippen LogP contribution in [0, 0.1) is 10.1 Å². The fourth-order valence-corrected chi connectivity index (χ4v) is 2.14. The quantitative estimate of drug-likeness (QED) is 0.501. The number of non-ortho nitro benzene ring substituents is 1. The van der Waals surface area contributed by atoms with Gasteiger partial charge in [-0.25, -0.2) is 5.43 Å². The van der Waals surface area contributed by atoms with Crippen LogP contribution in [-0.2, 0) is 6.42 Å². The predicted octanol–water partition coefficient (Wildman–Crippen LogP) is 2.95. The van der Waals surface area contributed by atoms with Crippen molar-refractivity contribution in [3.63, 3.8) is 0 Å². The summed E-state index contributed by atoms with van der Waals surface area (Å²) < 4.78 is 5.27. The summed E-state index contributed by atoms with van der Waals surface area (Å²) in [6.07, 6.45) is 0.513. The Kier molecular flexibility index (Phi) is 5.62. The van der Waals surface area contributed by atoms with Crippen LogP contribution >= 0.6 is 0 Å². The molecule has 2 aromatic carbocycles. The number of hydrogen-bond donors (Lipinski definition) is 1. The predicted molar refractivity (Wildman–Crippen MR) is 90.4 cm³/mol. The molecule has 124 valence electrons. The Hall–Kier alpha value is -3.22. The molecule has 1 amide bonds. The number of nitrogens with one attached hydrogen (secondary N) is 1. The lowest BCUT2D eigenvalue weighted by Crippen LogP contribution is -2.19. The largest absolute Gasteiger partial charge is 0.496 e. The van der Waals surface area contributed by atoms with E-state index >= 15 is 0 Å². The molecule has 0 spiro atoms. The van der Waals surface area contributed by atoms with Gasteiger partial charge in [-0.1, -0.05) is 24.3 Å². The van der Waals surface area contributed by atoms with E-state index in [2.05, 4.69) is 10.5 Å². The summed E-state index contributed by atoms with van der Waals surface area (Å²) in [5.74, 6) is 0.245. The molecule has 0 aliphatic carbocycles. The summed E-state index contributed by atoms with van der Waals surface area (Å²) in [6.45, 7) is 1.78. The molecule has 0 aliphatic heterocycles. The fourth-order valence-electron chi connectivity index (χ4n) is 2.14. The van der Waals surface area contributed by atoms with Crippen LogP contribution in [0.3, 0.4) is 0 Å². The van der Waals surface area contributed by atoms with Gasteiger partial charge in [0.05, 0.1) is 12.0 Å². The summed E-state index contributed by atoms with van der Waals surface area (Å²) in [5, 5.41) is 14.8. The average Bonchev–Trinajstić information content (AvgIpc) is 2.60. The Morgan fingerprint density at radius 3 is 2.71 bits per heavy atom. The maximum atomic E-state index is 12.0. The lowest BCUT2D eigenvalue weighted by molar-refractivity contribution is -0.384. The van der Waals surface area contributed by atoms with Crippen LogP contribution < -0.4 is 10.2 Å². The van der Waals surface area contributed by atoms with Crippen LogP contribution in [0.5, 0.6) is 5.75 Å². The standard InChI is InChI=1S/C17H17N3O4/c1-12(10-13-6-3-4-9-16(13)24-2)18-19-17(21)14-7-5-8-15(11-14)20(22)23/h3-9,11H,10H2,1-2H3,(H,19,21)/b18-12-. The lowest BCUT2D eigenvalue weighted by Gasteiger charge is -2.08. The van der Waals surface area contributed by atoms with Crippen molar-refractivity contribution in [2.75, 3.05) is 7.11 Å². The van der Waals surface area contributed by atoms with E-state index in [0.29, 0.717) is 12.1 Å². The van der Waals surface area contributed by atoms with Crippen LogP contribution in [0.15, 0.2) is 53.6 Å². The van der Waals surface area contributed by atoms with Gasteiger partial charge in [-0.3, -0.25) is 14.9 Å². The number of benzene rings is 2. The summed E-state index contributed by atoms with van der Waals surface area (Å²) in [7, 11) is 1.59. The molecule has 0 heterocycles. The summed E-state index contributed by atoms with van der Waals surface area (Å²) in [6, 6.07) is 13.0. The van der Waals surface area contributed by atoms with E-state index in [-0.39, 0.29) is 11.3 Å². The number of rotatable bonds is 6. The van der Waals surface area contributed by atoms with Gasteiger partial charge in [-0.15, -0.1) is 0 Å². The molecule has 7 nitrogen and oxygen atoms in total. The molecule has 0 fully saturated rings. The number of para-hydroxylation sites is 1. The number of amides is 1. The molecule has 2 aromatic rings. The maximum Gasteiger partial charge on any atom is 0.271 e. The first-order valence-corrected chi connectivity index (χ1v) is 7.21. The summed E-state index contributed by atoms with van der Waals surface area (Å²) >= 11 is 0. The molecule has 0 saturated heterocycles. The van der Waals surface area contributed by atoms with Crippen molar-refractivity contribution in [3.8, 4) is 5.75 Å². The number of carbonyl (C=O) groups excluding carboxylic acids is 1. The lowest BCUT2D eigenvalue weighted by atomic mass is 10.1. The Morgan fingerprint density at radius 2 is 2.00 bits per heavy atom. The van der Waals surface area contributed by atoms with Gasteiger partial charge >= 0.3 is 0 Å². The number of nitrogens with zero attached hydrogens (tertiary/aromatic N) is 2. The minimum Gasteiger partial charge on any atom is -0.496 e. The average molecular weight is 327 g/mol. The van der Waals surface area contributed by atoms with E-state index in [4.69, 9.17) is 4.74 Å². The second-order valence-corrected chi connectivity index (χ2v) is 5.08. The van der Waals surface area contributed by atoms with Gasteiger partial charge in [-0.05, 0) is 24.6 Å². The van der Waals surface area contributed by atoms with E-state index in [0.717, 1.165) is 11.3 Å². The van der Waals surface area contributed by atoms with Crippen molar-refractivity contribution in [2.45, 2.75) is 13.3 Å². The number of methoxy groups -OCH3 is 1. The first kappa shape index (κ1) is 17.1. The van der Waals surface area contributed by atoms with Crippen LogP contribution in [0.2, 0.25) is 0 Å². The zero-order chi connectivity index (χ0) is 17.5. The summed E-state index contributed by atoms with van der Waals surface area (Å²) in [5.41, 5.74) is 4.07. The maximum absolute atomic E-state index is 12.0. The first-order valence-electron chi connectivity index (χ1n) is 7.21. The molecule has 24 heavy (non-hydrogen) atoms. The van der Waals surface area contributed by atoms with Crippen molar-refractivity contribution in [3.05, 3.63) is 69.8 Å². The molecule has 0 atom stereocenters. The third-order valence-electron chi connectivity index (χ3n) is 3.31. The van der Waals surface area contributed by atoms with Gasteiger partial charge in [0.1, 0.15) is 5.75 Å². The number of nitro benzene ring substituents is 1. The van der Waals surface area contributed by atoms with Gasteiger partial charge in [0.15, 0.2) is 0 Å². The zero-order valence-corrected chi connectivity index (χ0v) is 13.4. The highest BCUT2D eigenvalue weighted by Crippen LogP contribution is 2.18. The molecule has 2 rings (SSSR count). The SMILES string of the molecule is COc1ccccc1C/C(C)=N\NC(=O)c1cccc([N+](=O)[O-])c1. The van der Waals surface area contributed by atoms with Gasteiger partial charge in [0, 0.05) is 29.8 Å². The van der Waals surface area contributed by atoms with Crippen LogP contribution in [0.25, 0.3) is 0 Å². The molecule has 0 unspecified atom stereocenters. The fraction of sp³-hybridized carbons (Fsp3) is 0.176. The Balaban J connectivity index is 2.05. The molecule has 0 aliphatic rings. The van der Waals surface area contributed by atoms with E-state index < -0.39 is 10.8 Å². The first-order chi connectivity index (χ1) is 11.5. The van der Waals surface area contributed by atoms with E-state index in [1.807, 2.05) is 24.3 Å². The van der Waals surface area contributed by atoms with Gasteiger partial charge in [0.25, 0.3) is 11.6 Å². The van der Waals surface area contributed by atoms with E-state index in [1.165, 1.54) is 24.3 Å². The summed E-state index contributed by atoms with van der Waals surface area (Å²) in [4.78, 5) is 22.2. The number of ether oxygens (including phenoxy) is 1. The van der Waals surface area contributed by atoms with Crippen molar-refractivity contribution in [1.29, 1.82) is 0 Å². The molecule has 0 saturated carbocycles. The number of hydrazone groups is 1. The Bertz CT molecular complexity index is 787. The second kappa shape index (κ2) is 7.87. The molecule has 0 aromatic heterocycles. The third kappa shape index (κ3) is 4.39. The highest BCUT2D eigenvalue weighted by Gasteiger charge is 2.11. The van der Waals surface area contributed by atoms with E-state index in [9.17, 15) is 14.9 Å². The van der Waals surface area contributed by atoms with Crippen molar-refractivity contribution in [2.24, 2.45) is 5.10 Å². The van der Waals surface area contributed by atoms with Crippen molar-refractivity contribution < 1.29 is 14.5 Å².